The number of Topliss-reactive ketones (excluding diaryl/α,β-unsaturated/α-hetero) is 1. The quantitative estimate of drug-likeness (QED) is 0.145. The third-order valence-corrected chi connectivity index (χ3v) is 7.51. The zero-order chi connectivity index (χ0) is 34.8. The molecular weight excluding hydrogens is 608 g/mol. The summed E-state index contributed by atoms with van der Waals surface area (Å²) in [6.07, 6.45) is 4.30. The maximum absolute atomic E-state index is 14.6. The Morgan fingerprint density at radius 1 is 1.02 bits per heavy atom. The van der Waals surface area contributed by atoms with Crippen molar-refractivity contribution in [2.75, 3.05) is 13.1 Å². The molecule has 5 atom stereocenters. The highest BCUT2D eigenvalue weighted by Crippen LogP contribution is 2.26. The van der Waals surface area contributed by atoms with E-state index in [9.17, 15) is 42.3 Å². The van der Waals surface area contributed by atoms with Crippen LogP contribution in [0.3, 0.4) is 0 Å². The molecule has 2 heterocycles. The molecule has 46 heavy (non-hydrogen) atoms. The van der Waals surface area contributed by atoms with Crippen molar-refractivity contribution < 1.29 is 42.3 Å². The lowest BCUT2D eigenvalue weighted by atomic mass is 9.98. The van der Waals surface area contributed by atoms with Gasteiger partial charge in [0.05, 0.1) is 18.8 Å². The van der Waals surface area contributed by atoms with E-state index in [4.69, 9.17) is 0 Å². The number of alkyl halides is 2. The highest BCUT2D eigenvalue weighted by molar-refractivity contribution is 6.11. The second-order valence-electron chi connectivity index (χ2n) is 12.0. The van der Waals surface area contributed by atoms with Crippen molar-refractivity contribution in [2.24, 2.45) is 17.8 Å². The normalized spacial score (nSPS) is 18.3. The highest BCUT2D eigenvalue weighted by Gasteiger charge is 2.51. The fourth-order valence-corrected chi connectivity index (χ4v) is 5.04. The van der Waals surface area contributed by atoms with E-state index in [0.29, 0.717) is 0 Å². The van der Waals surface area contributed by atoms with Crippen LogP contribution in [0.15, 0.2) is 18.6 Å². The van der Waals surface area contributed by atoms with Crippen molar-refractivity contribution >= 4 is 41.6 Å². The first-order valence-electron chi connectivity index (χ1n) is 15.2. The summed E-state index contributed by atoms with van der Waals surface area (Å²) >= 11 is 0. The number of aromatic nitrogens is 2. The standard InChI is InChI=1S/C30H43F2N7O7/c1-7-8-19(24(41)30(31,32)29(46)35-11-12-40)36-26(43)21-13-18(6)15-39(21)28(45)23(17(4)5)38-27(44)22(16(2)3)37-25(42)20-14-33-9-10-34-20/h9-10,12,14,16-19,21-23H,7-8,11,13,15H2,1-6H3,(H,35,46)(H,36,43)(H,37,42)(H,38,44)/t18-,19+,21+,22+,23+/m1/s1. The summed E-state index contributed by atoms with van der Waals surface area (Å²) < 4.78 is 29.3. The molecule has 5 amide bonds. The first-order chi connectivity index (χ1) is 21.6. The Labute approximate surface area is 266 Å². The van der Waals surface area contributed by atoms with Crippen molar-refractivity contribution in [3.63, 3.8) is 0 Å². The van der Waals surface area contributed by atoms with Crippen molar-refractivity contribution in [3.8, 4) is 0 Å². The van der Waals surface area contributed by atoms with E-state index < -0.39 is 77.9 Å². The van der Waals surface area contributed by atoms with Crippen molar-refractivity contribution in [3.05, 3.63) is 24.3 Å². The number of nitrogens with zero attached hydrogens (tertiary/aromatic N) is 3. The van der Waals surface area contributed by atoms with E-state index >= 15 is 0 Å². The molecule has 0 radical (unpaired) electrons. The molecule has 14 nitrogen and oxygen atoms in total. The van der Waals surface area contributed by atoms with Crippen LogP contribution < -0.4 is 21.3 Å². The van der Waals surface area contributed by atoms with Crippen molar-refractivity contribution in [1.29, 1.82) is 0 Å². The minimum absolute atomic E-state index is 0.00319. The molecule has 0 unspecified atom stereocenters. The highest BCUT2D eigenvalue weighted by atomic mass is 19.3. The number of hydrogen-bond acceptors (Lipinski definition) is 9. The van der Waals surface area contributed by atoms with Crippen LogP contribution >= 0.6 is 0 Å². The van der Waals surface area contributed by atoms with Crippen LogP contribution in [0.5, 0.6) is 0 Å². The van der Waals surface area contributed by atoms with Crippen LogP contribution in [-0.4, -0.2) is 99.7 Å². The van der Waals surface area contributed by atoms with E-state index in [1.165, 1.54) is 23.5 Å². The number of ketones is 1. The van der Waals surface area contributed by atoms with E-state index in [2.05, 4.69) is 25.9 Å². The molecule has 0 spiro atoms. The Bertz CT molecular complexity index is 1280. The Balaban J connectivity index is 2.25. The molecule has 4 N–H and O–H groups in total. The molecule has 1 saturated heterocycles. The Morgan fingerprint density at radius 2 is 1.67 bits per heavy atom. The molecule has 0 aromatic carbocycles. The summed E-state index contributed by atoms with van der Waals surface area (Å²) in [5, 5.41) is 9.27. The van der Waals surface area contributed by atoms with Gasteiger partial charge in [-0.2, -0.15) is 8.78 Å². The van der Waals surface area contributed by atoms with Gasteiger partial charge in [0, 0.05) is 18.9 Å². The summed E-state index contributed by atoms with van der Waals surface area (Å²) in [6.45, 7) is 9.57. The van der Waals surface area contributed by atoms with Crippen LogP contribution in [-0.2, 0) is 28.8 Å². The van der Waals surface area contributed by atoms with Crippen molar-refractivity contribution in [2.45, 2.75) is 90.9 Å². The fourth-order valence-electron chi connectivity index (χ4n) is 5.04. The summed E-state index contributed by atoms with van der Waals surface area (Å²) in [5.74, 6) is -12.1. The first-order valence-corrected chi connectivity index (χ1v) is 15.2. The van der Waals surface area contributed by atoms with Gasteiger partial charge in [0.25, 0.3) is 11.8 Å². The average molecular weight is 652 g/mol. The maximum Gasteiger partial charge on any atom is 0.383 e. The SMILES string of the molecule is CCC[C@H](NC(=O)[C@@H]1C[C@@H](C)CN1C(=O)[C@@H](NC(=O)[C@@H](NC(=O)c1cnccn1)C(C)C)C(C)C)C(=O)C(F)(F)C(=O)NCC=O. The zero-order valence-corrected chi connectivity index (χ0v) is 26.8. The Kier molecular flexibility index (Phi) is 13.8. The number of carbonyl (C=O) groups is 7. The van der Waals surface area contributed by atoms with Crippen LogP contribution in [0.25, 0.3) is 0 Å². The van der Waals surface area contributed by atoms with E-state index in [1.807, 2.05) is 0 Å². The molecule has 1 fully saturated rings. The molecule has 1 aromatic rings. The molecule has 254 valence electrons. The van der Waals surface area contributed by atoms with Crippen molar-refractivity contribution in [1.82, 2.24) is 36.1 Å². The lowest BCUT2D eigenvalue weighted by molar-refractivity contribution is -0.160. The molecule has 0 saturated carbocycles. The van der Waals surface area contributed by atoms with Gasteiger partial charge in [-0.25, -0.2) is 4.98 Å². The number of halogens is 2. The molecule has 1 aliphatic rings. The van der Waals surface area contributed by atoms with Gasteiger partial charge in [-0.3, -0.25) is 33.8 Å². The number of hydrogen-bond donors (Lipinski definition) is 4. The number of carbonyl (C=O) groups excluding carboxylic acids is 7. The average Bonchev–Trinajstić information content (AvgIpc) is 3.41. The number of amides is 5. The molecule has 0 aliphatic carbocycles. The van der Waals surface area contributed by atoms with E-state index in [-0.39, 0.29) is 49.6 Å². The molecule has 16 heteroatoms. The predicted molar refractivity (Wildman–Crippen MR) is 160 cm³/mol. The minimum atomic E-state index is -4.52. The lowest BCUT2D eigenvalue weighted by Gasteiger charge is -2.32. The van der Waals surface area contributed by atoms with Gasteiger partial charge in [0.1, 0.15) is 30.1 Å². The summed E-state index contributed by atoms with van der Waals surface area (Å²) in [5.41, 5.74) is -0.00319. The van der Waals surface area contributed by atoms with Gasteiger partial charge < -0.3 is 31.0 Å². The number of likely N-dealkylation sites (tertiary alicyclic amines) is 1. The molecule has 1 aromatic heterocycles. The van der Waals surface area contributed by atoms with Gasteiger partial charge >= 0.3 is 5.92 Å². The molecule has 2 rings (SSSR count). The van der Waals surface area contributed by atoms with Gasteiger partial charge in [-0.05, 0) is 30.6 Å². The number of aldehydes is 1. The van der Waals surface area contributed by atoms with Gasteiger partial charge in [0.15, 0.2) is 0 Å². The van der Waals surface area contributed by atoms with Crippen LogP contribution in [0.2, 0.25) is 0 Å². The topological polar surface area (TPSA) is 197 Å². The van der Waals surface area contributed by atoms with Crippen LogP contribution in [0.1, 0.15) is 71.3 Å². The predicted octanol–water partition coefficient (Wildman–Crippen LogP) is 0.413. The van der Waals surface area contributed by atoms with Crippen LogP contribution in [0.4, 0.5) is 8.78 Å². The van der Waals surface area contributed by atoms with E-state index in [1.54, 1.807) is 46.9 Å². The van der Waals surface area contributed by atoms with Crippen LogP contribution in [0, 0.1) is 17.8 Å². The second-order valence-corrected chi connectivity index (χ2v) is 12.0. The zero-order valence-electron chi connectivity index (χ0n) is 26.8. The van der Waals surface area contributed by atoms with Gasteiger partial charge in [-0.15, -0.1) is 0 Å². The largest absolute Gasteiger partial charge is 0.383 e. The third-order valence-electron chi connectivity index (χ3n) is 7.51. The van der Waals surface area contributed by atoms with Gasteiger partial charge in [0.2, 0.25) is 23.5 Å². The Hall–Kier alpha value is -4.37. The number of rotatable bonds is 16. The summed E-state index contributed by atoms with van der Waals surface area (Å²) in [6, 6.07) is -5.07. The van der Waals surface area contributed by atoms with E-state index in [0.717, 1.165) is 0 Å². The Morgan fingerprint density at radius 3 is 2.22 bits per heavy atom. The first kappa shape index (κ1) is 37.8. The molecular formula is C30H43F2N7O7. The lowest BCUT2D eigenvalue weighted by Crippen LogP contribution is -2.60. The molecule has 0 bridgehead atoms. The smallest absolute Gasteiger partial charge is 0.344 e. The monoisotopic (exact) mass is 651 g/mol. The second kappa shape index (κ2) is 16.8. The summed E-state index contributed by atoms with van der Waals surface area (Å²) in [4.78, 5) is 97.5. The number of nitrogens with one attached hydrogen (secondary N) is 4. The molecule has 1 aliphatic heterocycles. The minimum Gasteiger partial charge on any atom is -0.344 e. The maximum atomic E-state index is 14.6. The summed E-state index contributed by atoms with van der Waals surface area (Å²) in [7, 11) is 0. The fraction of sp³-hybridized carbons (Fsp3) is 0.633. The van der Waals surface area contributed by atoms with Gasteiger partial charge in [-0.1, -0.05) is 48.0 Å². The third kappa shape index (κ3) is 9.57.